The Morgan fingerprint density at radius 1 is 1.28 bits per heavy atom. The van der Waals surface area contributed by atoms with E-state index in [2.05, 4.69) is 10.1 Å². The van der Waals surface area contributed by atoms with Crippen molar-refractivity contribution in [3.63, 3.8) is 0 Å². The molecule has 104 valence electrons. The lowest BCUT2D eigenvalue weighted by molar-refractivity contribution is 0.337. The van der Waals surface area contributed by atoms with E-state index in [9.17, 15) is 8.42 Å². The highest BCUT2D eigenvalue weighted by Gasteiger charge is 2.19. The van der Waals surface area contributed by atoms with Crippen LogP contribution in [0.4, 0.5) is 0 Å². The molecule has 0 radical (unpaired) electrons. The van der Waals surface area contributed by atoms with Gasteiger partial charge in [0.1, 0.15) is 5.76 Å². The molecule has 18 heavy (non-hydrogen) atoms. The third-order valence-corrected chi connectivity index (χ3v) is 3.35. The summed E-state index contributed by atoms with van der Waals surface area (Å²) in [5.41, 5.74) is -0.0479. The molecule has 0 aliphatic heterocycles. The average molecular weight is 275 g/mol. The smallest absolute Gasteiger partial charge is 0.286 e. The fraction of sp³-hybridized carbons (Fsp3) is 0.636. The summed E-state index contributed by atoms with van der Waals surface area (Å²) in [6.45, 7) is 6.57. The highest BCUT2D eigenvalue weighted by atomic mass is 32.2. The van der Waals surface area contributed by atoms with Gasteiger partial charge in [0.25, 0.3) is 10.0 Å². The summed E-state index contributed by atoms with van der Waals surface area (Å²) in [6, 6.07) is 3.11. The molecule has 6 nitrogen and oxygen atoms in total. The predicted molar refractivity (Wildman–Crippen MR) is 69.3 cm³/mol. The summed E-state index contributed by atoms with van der Waals surface area (Å²) >= 11 is 0. The van der Waals surface area contributed by atoms with Crippen molar-refractivity contribution >= 4 is 10.0 Å². The monoisotopic (exact) mass is 275 g/mol. The quantitative estimate of drug-likeness (QED) is 0.782. The molecular formula is C11H21N3O3S. The van der Waals surface area contributed by atoms with E-state index < -0.39 is 10.0 Å². The summed E-state index contributed by atoms with van der Waals surface area (Å²) in [6.07, 6.45) is 0. The van der Waals surface area contributed by atoms with Gasteiger partial charge in [-0.3, -0.25) is 0 Å². The van der Waals surface area contributed by atoms with Crippen molar-refractivity contribution < 1.29 is 12.8 Å². The third kappa shape index (κ3) is 4.77. The van der Waals surface area contributed by atoms with Gasteiger partial charge in [-0.05, 0) is 32.9 Å². The first-order chi connectivity index (χ1) is 8.10. The Morgan fingerprint density at radius 2 is 1.89 bits per heavy atom. The minimum absolute atomic E-state index is 0.0479. The van der Waals surface area contributed by atoms with Crippen molar-refractivity contribution in [1.29, 1.82) is 0 Å². The topological polar surface area (TPSA) is 74.6 Å². The Morgan fingerprint density at radius 3 is 2.39 bits per heavy atom. The molecule has 1 aromatic rings. The molecule has 0 unspecified atom stereocenters. The molecule has 0 fully saturated rings. The van der Waals surface area contributed by atoms with E-state index in [1.807, 2.05) is 20.8 Å². The predicted octanol–water partition coefficient (Wildman–Crippen LogP) is 0.923. The maximum atomic E-state index is 11.8. The van der Waals surface area contributed by atoms with Crippen LogP contribution >= 0.6 is 0 Å². The van der Waals surface area contributed by atoms with Crippen LogP contribution in [0.1, 0.15) is 26.5 Å². The summed E-state index contributed by atoms with van der Waals surface area (Å²) in [5, 5.41) is 4.49. The van der Waals surface area contributed by atoms with Crippen LogP contribution < -0.4 is 10.1 Å². The molecule has 0 aliphatic rings. The molecule has 0 saturated carbocycles. The molecule has 0 aliphatic carbocycles. The van der Waals surface area contributed by atoms with Gasteiger partial charge in [-0.1, -0.05) is 0 Å². The number of furan rings is 1. The second-order valence-electron chi connectivity index (χ2n) is 5.31. The van der Waals surface area contributed by atoms with E-state index in [1.165, 1.54) is 11.1 Å². The highest BCUT2D eigenvalue weighted by Crippen LogP contribution is 2.14. The minimum Gasteiger partial charge on any atom is -0.447 e. The molecule has 0 atom stereocenters. The van der Waals surface area contributed by atoms with Crippen molar-refractivity contribution in [2.24, 2.45) is 0 Å². The van der Waals surface area contributed by atoms with Gasteiger partial charge in [-0.2, -0.15) is 0 Å². The zero-order valence-corrected chi connectivity index (χ0v) is 12.3. The number of hydrazine groups is 1. The lowest BCUT2D eigenvalue weighted by Crippen LogP contribution is -2.36. The fourth-order valence-corrected chi connectivity index (χ4v) is 2.27. The fourth-order valence-electron chi connectivity index (χ4n) is 1.24. The minimum atomic E-state index is -3.61. The van der Waals surface area contributed by atoms with E-state index in [0.29, 0.717) is 12.3 Å². The van der Waals surface area contributed by atoms with Crippen LogP contribution in [-0.2, 0) is 16.6 Å². The first-order valence-electron chi connectivity index (χ1n) is 5.64. The van der Waals surface area contributed by atoms with Crippen LogP contribution in [0, 0.1) is 0 Å². The molecule has 1 aromatic heterocycles. The van der Waals surface area contributed by atoms with E-state index in [-0.39, 0.29) is 10.6 Å². The second kappa shape index (κ2) is 5.40. The maximum Gasteiger partial charge on any atom is 0.286 e. The van der Waals surface area contributed by atoms with Gasteiger partial charge in [-0.15, -0.1) is 4.83 Å². The van der Waals surface area contributed by atoms with Gasteiger partial charge in [0.2, 0.25) is 5.09 Å². The lowest BCUT2D eigenvalue weighted by Gasteiger charge is -2.19. The lowest BCUT2D eigenvalue weighted by atomic mass is 10.1. The molecule has 7 heteroatoms. The van der Waals surface area contributed by atoms with Crippen molar-refractivity contribution in [2.45, 2.75) is 37.9 Å². The summed E-state index contributed by atoms with van der Waals surface area (Å²) in [4.78, 5) is 2.31. The van der Waals surface area contributed by atoms with E-state index in [1.54, 1.807) is 20.2 Å². The molecule has 0 spiro atoms. The molecule has 0 bridgehead atoms. The van der Waals surface area contributed by atoms with Crippen molar-refractivity contribution in [3.8, 4) is 0 Å². The molecule has 1 heterocycles. The molecule has 1 rings (SSSR count). The van der Waals surface area contributed by atoms with Crippen LogP contribution in [0.3, 0.4) is 0 Å². The Kier molecular flexibility index (Phi) is 4.55. The number of rotatable bonds is 5. The zero-order valence-electron chi connectivity index (χ0n) is 11.4. The first-order valence-corrected chi connectivity index (χ1v) is 7.12. The SMILES string of the molecule is CN(C)NS(=O)(=O)c1ccc(CNC(C)(C)C)o1. The van der Waals surface area contributed by atoms with E-state index in [4.69, 9.17) is 4.42 Å². The number of hydrogen-bond donors (Lipinski definition) is 2. The second-order valence-corrected chi connectivity index (χ2v) is 6.91. The molecule has 2 N–H and O–H groups in total. The Hall–Kier alpha value is -0.890. The zero-order chi connectivity index (χ0) is 14.0. The Balaban J connectivity index is 2.75. The summed E-state index contributed by atoms with van der Waals surface area (Å²) in [7, 11) is -0.411. The largest absolute Gasteiger partial charge is 0.447 e. The number of nitrogens with one attached hydrogen (secondary N) is 2. The van der Waals surface area contributed by atoms with Crippen LogP contribution in [0.5, 0.6) is 0 Å². The molecular weight excluding hydrogens is 254 g/mol. The van der Waals surface area contributed by atoms with Gasteiger partial charge in [0.05, 0.1) is 6.54 Å². The number of nitrogens with zero attached hydrogens (tertiary/aromatic N) is 1. The van der Waals surface area contributed by atoms with Crippen LogP contribution in [-0.4, -0.2) is 33.1 Å². The van der Waals surface area contributed by atoms with Crippen molar-refractivity contribution in [3.05, 3.63) is 17.9 Å². The van der Waals surface area contributed by atoms with Gasteiger partial charge in [0.15, 0.2) is 0 Å². The first kappa shape index (κ1) is 15.2. The van der Waals surface area contributed by atoms with Crippen LogP contribution in [0.15, 0.2) is 21.6 Å². The molecule has 0 amide bonds. The maximum absolute atomic E-state index is 11.8. The van der Waals surface area contributed by atoms with Crippen molar-refractivity contribution in [1.82, 2.24) is 15.2 Å². The third-order valence-electron chi connectivity index (χ3n) is 2.00. The normalized spacial score (nSPS) is 13.2. The summed E-state index contributed by atoms with van der Waals surface area (Å²) in [5.74, 6) is 0.587. The van der Waals surface area contributed by atoms with E-state index >= 15 is 0 Å². The summed E-state index contributed by atoms with van der Waals surface area (Å²) < 4.78 is 28.9. The molecule has 0 saturated heterocycles. The Bertz CT molecular complexity index is 486. The van der Waals surface area contributed by atoms with Gasteiger partial charge >= 0.3 is 0 Å². The average Bonchev–Trinajstić information content (AvgIpc) is 2.60. The van der Waals surface area contributed by atoms with Crippen LogP contribution in [0.2, 0.25) is 0 Å². The van der Waals surface area contributed by atoms with E-state index in [0.717, 1.165) is 0 Å². The van der Waals surface area contributed by atoms with Gasteiger partial charge in [-0.25, -0.2) is 13.4 Å². The van der Waals surface area contributed by atoms with Gasteiger partial charge < -0.3 is 9.73 Å². The highest BCUT2D eigenvalue weighted by molar-refractivity contribution is 7.89. The van der Waals surface area contributed by atoms with Gasteiger partial charge in [0, 0.05) is 19.6 Å². The number of hydrogen-bond acceptors (Lipinski definition) is 5. The molecule has 0 aromatic carbocycles. The Labute approximate surface area is 108 Å². The number of sulfonamides is 1. The van der Waals surface area contributed by atoms with Crippen molar-refractivity contribution in [2.75, 3.05) is 14.1 Å². The standard InChI is InChI=1S/C11H21N3O3S/c1-11(2,3)12-8-9-6-7-10(17-9)18(15,16)13-14(4)5/h6-7,12-13H,8H2,1-5H3. The van der Waals surface area contributed by atoms with Crippen LogP contribution in [0.25, 0.3) is 0 Å².